The number of carbonyl (C=O) groups is 1. The Morgan fingerprint density at radius 2 is 2.06 bits per heavy atom. The highest BCUT2D eigenvalue weighted by Crippen LogP contribution is 2.13. The third-order valence-corrected chi connectivity index (χ3v) is 1.86. The molecular formula is C9H10N2O5. The summed E-state index contributed by atoms with van der Waals surface area (Å²) in [4.78, 5) is 28.3. The monoisotopic (exact) mass is 226 g/mol. The van der Waals surface area contributed by atoms with Crippen LogP contribution in [0.25, 0.3) is 0 Å². The molecule has 0 amide bonds. The summed E-state index contributed by atoms with van der Waals surface area (Å²) in [7, 11) is 0. The molecule has 0 aliphatic carbocycles. The Balaban J connectivity index is 2.57. The van der Waals surface area contributed by atoms with Crippen molar-refractivity contribution in [3.05, 3.63) is 34.7 Å². The van der Waals surface area contributed by atoms with Gasteiger partial charge in [0.2, 0.25) is 5.34 Å². The molecule has 1 rings (SSSR count). The van der Waals surface area contributed by atoms with Crippen LogP contribution in [-0.2, 0) is 16.2 Å². The van der Waals surface area contributed by atoms with Gasteiger partial charge >= 0.3 is 5.97 Å². The molecule has 0 aliphatic rings. The van der Waals surface area contributed by atoms with Gasteiger partial charge in [-0.1, -0.05) is 12.1 Å². The molecule has 0 bridgehead atoms. The van der Waals surface area contributed by atoms with Gasteiger partial charge < -0.3 is 10.8 Å². The van der Waals surface area contributed by atoms with Gasteiger partial charge in [-0.15, -0.1) is 9.90 Å². The Bertz CT molecular complexity index is 365. The van der Waals surface area contributed by atoms with Crippen molar-refractivity contribution in [2.75, 3.05) is 0 Å². The van der Waals surface area contributed by atoms with Crippen LogP contribution in [0.15, 0.2) is 29.6 Å². The topological polar surface area (TPSA) is 111 Å². The van der Waals surface area contributed by atoms with Gasteiger partial charge in [0.1, 0.15) is 6.04 Å². The third-order valence-electron chi connectivity index (χ3n) is 1.86. The van der Waals surface area contributed by atoms with Crippen LogP contribution >= 0.6 is 0 Å². The van der Waals surface area contributed by atoms with Crippen LogP contribution in [-0.4, -0.2) is 17.1 Å². The zero-order valence-corrected chi connectivity index (χ0v) is 8.20. The fraction of sp³-hybridized carbons (Fsp3) is 0.222. The summed E-state index contributed by atoms with van der Waals surface area (Å²) in [5.74, 6) is -0.777. The second kappa shape index (κ2) is 5.66. The molecular weight excluding hydrogens is 216 g/mol. The Morgan fingerprint density at radius 3 is 2.56 bits per heavy atom. The maximum atomic E-state index is 10.5. The molecule has 0 saturated heterocycles. The van der Waals surface area contributed by atoms with Gasteiger partial charge in [0.25, 0.3) is 0 Å². The number of carboxylic acid groups (broad SMARTS) is 1. The molecule has 0 aliphatic heterocycles. The summed E-state index contributed by atoms with van der Waals surface area (Å²) in [5.41, 5.74) is 6.09. The predicted octanol–water partition coefficient (Wildman–Crippen LogP) is 0.633. The first-order valence-electron chi connectivity index (χ1n) is 4.37. The summed E-state index contributed by atoms with van der Waals surface area (Å²) in [6.07, 6.45) is 0.211. The van der Waals surface area contributed by atoms with Crippen LogP contribution < -0.4 is 10.6 Å². The molecule has 16 heavy (non-hydrogen) atoms. The van der Waals surface area contributed by atoms with Crippen molar-refractivity contribution >= 4 is 5.97 Å². The molecule has 0 radical (unpaired) electrons. The maximum absolute atomic E-state index is 10.5. The van der Waals surface area contributed by atoms with Crippen molar-refractivity contribution in [3.8, 4) is 5.75 Å². The van der Waals surface area contributed by atoms with E-state index in [1.807, 2.05) is 0 Å². The number of hydrogen-bond donors (Lipinski definition) is 2. The van der Waals surface area contributed by atoms with Gasteiger partial charge in [-0.2, -0.15) is 0 Å². The molecule has 7 heteroatoms. The first-order chi connectivity index (χ1) is 7.63. The van der Waals surface area contributed by atoms with E-state index < -0.39 is 12.0 Å². The molecule has 0 fully saturated rings. The third kappa shape index (κ3) is 3.54. The first-order valence-corrected chi connectivity index (χ1v) is 4.37. The smallest absolute Gasteiger partial charge is 0.320 e. The Hall–Kier alpha value is -2.15. The van der Waals surface area contributed by atoms with Crippen LogP contribution in [0.3, 0.4) is 0 Å². The number of benzene rings is 1. The van der Waals surface area contributed by atoms with E-state index in [2.05, 4.69) is 15.2 Å². The van der Waals surface area contributed by atoms with E-state index in [4.69, 9.17) is 10.8 Å². The lowest BCUT2D eigenvalue weighted by molar-refractivity contribution is -0.209. The number of carboxylic acids is 1. The number of aliphatic carboxylic acids is 1. The van der Waals surface area contributed by atoms with Gasteiger partial charge in [-0.05, 0) is 24.1 Å². The zero-order chi connectivity index (χ0) is 12.0. The summed E-state index contributed by atoms with van der Waals surface area (Å²) >= 11 is 0. The highest BCUT2D eigenvalue weighted by Gasteiger charge is 2.11. The zero-order valence-electron chi connectivity index (χ0n) is 8.20. The SMILES string of the molecule is N[C@@H](Cc1ccc(OON=O)cc1)C(=O)O. The molecule has 86 valence electrons. The largest absolute Gasteiger partial charge is 0.480 e. The highest BCUT2D eigenvalue weighted by atomic mass is 17.3. The minimum absolute atomic E-state index is 0.211. The molecule has 0 aromatic heterocycles. The van der Waals surface area contributed by atoms with E-state index in [0.29, 0.717) is 0 Å². The van der Waals surface area contributed by atoms with Crippen LogP contribution in [0.1, 0.15) is 5.56 Å². The van der Waals surface area contributed by atoms with Crippen LogP contribution in [0.2, 0.25) is 0 Å². The lowest BCUT2D eigenvalue weighted by Gasteiger charge is -2.06. The minimum atomic E-state index is -1.06. The second-order valence-corrected chi connectivity index (χ2v) is 3.03. The predicted molar refractivity (Wildman–Crippen MR) is 53.3 cm³/mol. The van der Waals surface area contributed by atoms with E-state index in [1.165, 1.54) is 12.1 Å². The maximum Gasteiger partial charge on any atom is 0.320 e. The highest BCUT2D eigenvalue weighted by molar-refractivity contribution is 5.73. The molecule has 1 aromatic carbocycles. The molecule has 0 spiro atoms. The molecule has 0 saturated carbocycles. The van der Waals surface area contributed by atoms with Crippen molar-refractivity contribution < 1.29 is 19.8 Å². The van der Waals surface area contributed by atoms with Crippen LogP contribution in [0.5, 0.6) is 5.75 Å². The summed E-state index contributed by atoms with van der Waals surface area (Å²) < 4.78 is 0. The van der Waals surface area contributed by atoms with Gasteiger partial charge in [0, 0.05) is 0 Å². The Kier molecular flexibility index (Phi) is 4.22. The number of rotatable bonds is 6. The Morgan fingerprint density at radius 1 is 1.44 bits per heavy atom. The standard InChI is InChI=1S/C9H10N2O5/c10-8(9(12)13)5-6-1-3-7(4-2-6)15-16-11-14/h1-4,8H,5,10H2,(H,12,13)/t8-/m0/s1. The van der Waals surface area contributed by atoms with Crippen molar-refractivity contribution in [1.29, 1.82) is 0 Å². The van der Waals surface area contributed by atoms with E-state index in [-0.39, 0.29) is 12.2 Å². The minimum Gasteiger partial charge on any atom is -0.480 e. The number of nitrogens with zero attached hydrogens (tertiary/aromatic N) is 1. The van der Waals surface area contributed by atoms with E-state index in [1.54, 1.807) is 12.1 Å². The van der Waals surface area contributed by atoms with Gasteiger partial charge in [-0.3, -0.25) is 9.68 Å². The fourth-order valence-electron chi connectivity index (χ4n) is 1.08. The molecule has 0 heterocycles. The van der Waals surface area contributed by atoms with Crippen molar-refractivity contribution in [2.24, 2.45) is 11.1 Å². The number of hydrogen-bond acceptors (Lipinski definition) is 6. The van der Waals surface area contributed by atoms with Crippen LogP contribution in [0.4, 0.5) is 0 Å². The second-order valence-electron chi connectivity index (χ2n) is 3.03. The first kappa shape index (κ1) is 11.9. The fourth-order valence-corrected chi connectivity index (χ4v) is 1.08. The van der Waals surface area contributed by atoms with Crippen molar-refractivity contribution in [3.63, 3.8) is 0 Å². The molecule has 7 nitrogen and oxygen atoms in total. The molecule has 0 unspecified atom stereocenters. The normalized spacial score (nSPS) is 11.6. The lowest BCUT2D eigenvalue weighted by atomic mass is 10.1. The van der Waals surface area contributed by atoms with Crippen LogP contribution in [0, 0.1) is 4.91 Å². The van der Waals surface area contributed by atoms with E-state index in [9.17, 15) is 9.70 Å². The summed E-state index contributed by atoms with van der Waals surface area (Å²) in [5, 5.41) is 10.7. The number of nitrogens with two attached hydrogens (primary N) is 1. The Labute approximate surface area is 90.6 Å². The molecule has 1 atom stereocenters. The lowest BCUT2D eigenvalue weighted by Crippen LogP contribution is -2.32. The van der Waals surface area contributed by atoms with E-state index >= 15 is 0 Å². The van der Waals surface area contributed by atoms with E-state index in [0.717, 1.165) is 5.56 Å². The molecule has 1 aromatic rings. The van der Waals surface area contributed by atoms with Gasteiger partial charge in [0.05, 0.1) is 0 Å². The summed E-state index contributed by atoms with van der Waals surface area (Å²) in [6.45, 7) is 0. The quantitative estimate of drug-likeness (QED) is 0.418. The molecule has 3 N–H and O–H groups in total. The average Bonchev–Trinajstić information content (AvgIpc) is 2.28. The average molecular weight is 226 g/mol. The van der Waals surface area contributed by atoms with Gasteiger partial charge in [-0.25, -0.2) is 0 Å². The van der Waals surface area contributed by atoms with Gasteiger partial charge in [0.15, 0.2) is 5.75 Å². The van der Waals surface area contributed by atoms with Crippen molar-refractivity contribution in [1.82, 2.24) is 0 Å². The summed E-state index contributed by atoms with van der Waals surface area (Å²) in [6, 6.07) is 5.31. The van der Waals surface area contributed by atoms with Crippen molar-refractivity contribution in [2.45, 2.75) is 12.5 Å².